The summed E-state index contributed by atoms with van der Waals surface area (Å²) in [6, 6.07) is 3.80. The van der Waals surface area contributed by atoms with Gasteiger partial charge in [-0.05, 0) is 25.0 Å². The number of carbonyl (C=O) groups is 1. The van der Waals surface area contributed by atoms with Gasteiger partial charge in [0, 0.05) is 18.0 Å². The summed E-state index contributed by atoms with van der Waals surface area (Å²) in [5.74, 6) is -0.948. The molecule has 0 spiro atoms. The lowest BCUT2D eigenvalue weighted by Gasteiger charge is -2.20. The van der Waals surface area contributed by atoms with Gasteiger partial charge in [0.2, 0.25) is 0 Å². The first-order chi connectivity index (χ1) is 10.1. The Bertz CT molecular complexity index is 562. The van der Waals surface area contributed by atoms with Crippen LogP contribution in [0.25, 0.3) is 0 Å². The fourth-order valence-corrected chi connectivity index (χ4v) is 2.61. The number of hydrogen-bond donors (Lipinski definition) is 3. The molecule has 1 aromatic carbocycles. The summed E-state index contributed by atoms with van der Waals surface area (Å²) < 4.78 is 18.7. The molecule has 2 atom stereocenters. The molecule has 2 unspecified atom stereocenters. The van der Waals surface area contributed by atoms with Crippen molar-refractivity contribution >= 4 is 11.7 Å². The molecule has 0 bridgehead atoms. The Hall–Kier alpha value is -2.31. The van der Waals surface area contributed by atoms with Gasteiger partial charge >= 0.3 is 0 Å². The molecule has 1 saturated carbocycles. The van der Waals surface area contributed by atoms with Gasteiger partial charge < -0.3 is 21.0 Å². The highest BCUT2D eigenvalue weighted by Gasteiger charge is 2.32. The minimum atomic E-state index is -0.648. The molecular formula is C14H18FN3O3. The normalized spacial score (nSPS) is 22.1. The van der Waals surface area contributed by atoms with E-state index < -0.39 is 11.7 Å². The summed E-state index contributed by atoms with van der Waals surface area (Å²) in [4.78, 5) is 12.1. The van der Waals surface area contributed by atoms with Crippen molar-refractivity contribution in [2.45, 2.75) is 25.3 Å². The van der Waals surface area contributed by atoms with Crippen molar-refractivity contribution in [1.29, 1.82) is 0 Å². The predicted molar refractivity (Wildman–Crippen MR) is 75.0 cm³/mol. The molecule has 7 heteroatoms. The summed E-state index contributed by atoms with van der Waals surface area (Å²) in [5, 5.41) is 14.5. The number of oxime groups is 1. The number of amides is 1. The molecular weight excluding hydrogens is 277 g/mol. The lowest BCUT2D eigenvalue weighted by atomic mass is 10.0. The van der Waals surface area contributed by atoms with Crippen LogP contribution < -0.4 is 15.8 Å². The largest absolute Gasteiger partial charge is 0.497 e. The number of carbonyl (C=O) groups excluding carboxylic acids is 1. The number of hydrogen-bond acceptors (Lipinski definition) is 4. The van der Waals surface area contributed by atoms with Crippen molar-refractivity contribution in [3.8, 4) is 5.75 Å². The van der Waals surface area contributed by atoms with Crippen LogP contribution >= 0.6 is 0 Å². The summed E-state index contributed by atoms with van der Waals surface area (Å²) in [6.45, 7) is 0. The fourth-order valence-electron chi connectivity index (χ4n) is 2.61. The van der Waals surface area contributed by atoms with E-state index >= 15 is 0 Å². The van der Waals surface area contributed by atoms with E-state index in [1.54, 1.807) is 0 Å². The van der Waals surface area contributed by atoms with Crippen molar-refractivity contribution in [1.82, 2.24) is 5.32 Å². The second kappa shape index (κ2) is 6.43. The van der Waals surface area contributed by atoms with E-state index in [1.807, 2.05) is 0 Å². The van der Waals surface area contributed by atoms with Crippen LogP contribution in [0.1, 0.15) is 29.6 Å². The zero-order valence-electron chi connectivity index (χ0n) is 11.7. The molecule has 1 aromatic rings. The fraction of sp³-hybridized carbons (Fsp3) is 0.429. The van der Waals surface area contributed by atoms with Crippen LogP contribution in [0.5, 0.6) is 5.75 Å². The zero-order chi connectivity index (χ0) is 15.4. The predicted octanol–water partition coefficient (Wildman–Crippen LogP) is 1.48. The molecule has 4 N–H and O–H groups in total. The van der Waals surface area contributed by atoms with E-state index in [0.717, 1.165) is 18.9 Å². The number of halogens is 1. The van der Waals surface area contributed by atoms with E-state index in [0.29, 0.717) is 12.2 Å². The highest BCUT2D eigenvalue weighted by atomic mass is 19.1. The van der Waals surface area contributed by atoms with Crippen LogP contribution in [0, 0.1) is 11.7 Å². The van der Waals surface area contributed by atoms with Gasteiger partial charge in [0.15, 0.2) is 0 Å². The van der Waals surface area contributed by atoms with E-state index in [-0.39, 0.29) is 23.4 Å². The summed E-state index contributed by atoms with van der Waals surface area (Å²) >= 11 is 0. The van der Waals surface area contributed by atoms with Crippen LogP contribution in [-0.2, 0) is 0 Å². The maximum absolute atomic E-state index is 13.9. The highest BCUT2D eigenvalue weighted by Crippen LogP contribution is 2.26. The number of benzene rings is 1. The van der Waals surface area contributed by atoms with Gasteiger partial charge in [-0.2, -0.15) is 0 Å². The number of rotatable bonds is 4. The SMILES string of the molecule is COc1ccc(C(=O)NC2CCCC2/C(N)=N/O)c(F)c1. The van der Waals surface area contributed by atoms with Gasteiger partial charge in [-0.3, -0.25) is 4.79 Å². The number of nitrogens with one attached hydrogen (secondary N) is 1. The Balaban J connectivity index is 2.11. The third-order valence-electron chi connectivity index (χ3n) is 3.75. The quantitative estimate of drug-likeness (QED) is 0.339. The Morgan fingerprint density at radius 1 is 1.52 bits per heavy atom. The maximum atomic E-state index is 13.9. The van der Waals surface area contributed by atoms with Gasteiger partial charge in [-0.1, -0.05) is 11.6 Å². The molecule has 1 aliphatic rings. The molecule has 6 nitrogen and oxygen atoms in total. The number of amidine groups is 1. The molecule has 0 aliphatic heterocycles. The minimum Gasteiger partial charge on any atom is -0.497 e. The van der Waals surface area contributed by atoms with E-state index in [2.05, 4.69) is 10.5 Å². The van der Waals surface area contributed by atoms with Crippen molar-refractivity contribution in [2.75, 3.05) is 7.11 Å². The van der Waals surface area contributed by atoms with Gasteiger partial charge in [0.25, 0.3) is 5.91 Å². The van der Waals surface area contributed by atoms with Crippen LogP contribution in [0.4, 0.5) is 4.39 Å². The average molecular weight is 295 g/mol. The monoisotopic (exact) mass is 295 g/mol. The zero-order valence-corrected chi connectivity index (χ0v) is 11.7. The molecule has 21 heavy (non-hydrogen) atoms. The van der Waals surface area contributed by atoms with Crippen molar-refractivity contribution in [3.05, 3.63) is 29.6 Å². The minimum absolute atomic E-state index is 0.0547. The van der Waals surface area contributed by atoms with Crippen LogP contribution in [-0.4, -0.2) is 30.1 Å². The molecule has 1 fully saturated rings. The summed E-state index contributed by atoms with van der Waals surface area (Å²) in [7, 11) is 1.43. The van der Waals surface area contributed by atoms with E-state index in [1.165, 1.54) is 19.2 Å². The van der Waals surface area contributed by atoms with Gasteiger partial charge in [-0.15, -0.1) is 0 Å². The van der Waals surface area contributed by atoms with Crippen LogP contribution in [0.2, 0.25) is 0 Å². The lowest BCUT2D eigenvalue weighted by Crippen LogP contribution is -2.42. The number of nitrogens with two attached hydrogens (primary N) is 1. The first-order valence-electron chi connectivity index (χ1n) is 6.68. The van der Waals surface area contributed by atoms with Gasteiger partial charge in [0.1, 0.15) is 17.4 Å². The molecule has 0 aromatic heterocycles. The number of nitrogens with zero attached hydrogens (tertiary/aromatic N) is 1. The number of ether oxygens (including phenoxy) is 1. The van der Waals surface area contributed by atoms with E-state index in [4.69, 9.17) is 15.7 Å². The smallest absolute Gasteiger partial charge is 0.254 e. The Morgan fingerprint density at radius 3 is 2.90 bits per heavy atom. The van der Waals surface area contributed by atoms with Gasteiger partial charge in [-0.25, -0.2) is 4.39 Å². The first kappa shape index (κ1) is 15.1. The van der Waals surface area contributed by atoms with Crippen LogP contribution in [0.15, 0.2) is 23.4 Å². The molecule has 114 valence electrons. The molecule has 0 heterocycles. The van der Waals surface area contributed by atoms with Crippen molar-refractivity contribution in [2.24, 2.45) is 16.8 Å². The summed E-state index contributed by atoms with van der Waals surface area (Å²) in [5.41, 5.74) is 5.55. The molecule has 0 radical (unpaired) electrons. The van der Waals surface area contributed by atoms with Crippen LogP contribution in [0.3, 0.4) is 0 Å². The average Bonchev–Trinajstić information content (AvgIpc) is 2.94. The second-order valence-electron chi connectivity index (χ2n) is 4.99. The Morgan fingerprint density at radius 2 is 2.29 bits per heavy atom. The van der Waals surface area contributed by atoms with Gasteiger partial charge in [0.05, 0.1) is 12.7 Å². The third-order valence-corrected chi connectivity index (χ3v) is 3.75. The third kappa shape index (κ3) is 3.24. The van der Waals surface area contributed by atoms with Crippen molar-refractivity contribution in [3.63, 3.8) is 0 Å². The molecule has 2 rings (SSSR count). The standard InChI is InChI=1S/C14H18FN3O3/c1-21-8-5-6-9(11(15)7-8)14(19)17-12-4-2-3-10(12)13(16)18-20/h5-7,10,12,20H,2-4H2,1H3,(H2,16,18)(H,17,19). The molecule has 1 aliphatic carbocycles. The first-order valence-corrected chi connectivity index (χ1v) is 6.68. The highest BCUT2D eigenvalue weighted by molar-refractivity contribution is 5.95. The Labute approximate surface area is 121 Å². The molecule has 0 saturated heterocycles. The van der Waals surface area contributed by atoms with E-state index in [9.17, 15) is 9.18 Å². The van der Waals surface area contributed by atoms with Crippen molar-refractivity contribution < 1.29 is 19.1 Å². The Kier molecular flexibility index (Phi) is 4.62. The summed E-state index contributed by atoms with van der Waals surface area (Å²) in [6.07, 6.45) is 2.30. The second-order valence-corrected chi connectivity index (χ2v) is 4.99. The molecule has 1 amide bonds. The lowest BCUT2D eigenvalue weighted by molar-refractivity contribution is 0.0929. The topological polar surface area (TPSA) is 96.9 Å². The number of methoxy groups -OCH3 is 1. The maximum Gasteiger partial charge on any atom is 0.254 e.